The van der Waals surface area contributed by atoms with E-state index in [0.717, 1.165) is 18.7 Å². The number of methoxy groups -OCH3 is 1. The minimum absolute atomic E-state index is 0.00549. The highest BCUT2D eigenvalue weighted by Gasteiger charge is 2.39. The summed E-state index contributed by atoms with van der Waals surface area (Å²) < 4.78 is 5.01. The van der Waals surface area contributed by atoms with E-state index < -0.39 is 0 Å². The SMILES string of the molecule is COC(=O)[C@H]1CN(Cc2ccccc2)C[C@@H]1c1ccc(Cl)cc1Cl. The summed E-state index contributed by atoms with van der Waals surface area (Å²) >= 11 is 12.4. The van der Waals surface area contributed by atoms with Crippen molar-refractivity contribution in [2.45, 2.75) is 12.5 Å². The predicted molar refractivity (Wildman–Crippen MR) is 96.4 cm³/mol. The third-order valence-corrected chi connectivity index (χ3v) is 5.07. The molecular formula is C19H19Cl2NO2. The Morgan fingerprint density at radius 2 is 1.92 bits per heavy atom. The first-order chi connectivity index (χ1) is 11.6. The van der Waals surface area contributed by atoms with Gasteiger partial charge < -0.3 is 4.74 Å². The quantitative estimate of drug-likeness (QED) is 0.754. The van der Waals surface area contributed by atoms with E-state index in [2.05, 4.69) is 17.0 Å². The fourth-order valence-electron chi connectivity index (χ4n) is 3.36. The van der Waals surface area contributed by atoms with Crippen LogP contribution in [0.5, 0.6) is 0 Å². The molecule has 3 rings (SSSR count). The van der Waals surface area contributed by atoms with Gasteiger partial charge in [-0.1, -0.05) is 59.6 Å². The Kier molecular flexibility index (Phi) is 5.44. The third-order valence-electron chi connectivity index (χ3n) is 4.51. The van der Waals surface area contributed by atoms with Crippen molar-refractivity contribution in [3.63, 3.8) is 0 Å². The van der Waals surface area contributed by atoms with Gasteiger partial charge in [0.2, 0.25) is 0 Å². The van der Waals surface area contributed by atoms with Crippen LogP contribution in [-0.2, 0) is 16.1 Å². The molecule has 0 radical (unpaired) electrons. The zero-order valence-corrected chi connectivity index (χ0v) is 14.9. The Morgan fingerprint density at radius 1 is 1.17 bits per heavy atom. The lowest BCUT2D eigenvalue weighted by atomic mass is 9.89. The van der Waals surface area contributed by atoms with Crippen molar-refractivity contribution < 1.29 is 9.53 Å². The van der Waals surface area contributed by atoms with Gasteiger partial charge >= 0.3 is 5.97 Å². The molecule has 1 saturated heterocycles. The molecule has 0 N–H and O–H groups in total. The molecule has 5 heteroatoms. The average molecular weight is 364 g/mol. The van der Waals surface area contributed by atoms with E-state index in [1.54, 1.807) is 6.07 Å². The van der Waals surface area contributed by atoms with Gasteiger partial charge in [-0.15, -0.1) is 0 Å². The highest BCUT2D eigenvalue weighted by Crippen LogP contribution is 2.38. The van der Waals surface area contributed by atoms with Crippen LogP contribution >= 0.6 is 23.2 Å². The maximum absolute atomic E-state index is 12.3. The number of carbonyl (C=O) groups is 1. The molecule has 0 amide bonds. The molecule has 0 bridgehead atoms. The number of hydrogen-bond donors (Lipinski definition) is 0. The van der Waals surface area contributed by atoms with E-state index in [1.807, 2.05) is 30.3 Å². The van der Waals surface area contributed by atoms with E-state index in [1.165, 1.54) is 12.7 Å². The molecule has 1 aliphatic heterocycles. The predicted octanol–water partition coefficient (Wildman–Crippen LogP) is 4.38. The molecule has 0 spiro atoms. The van der Waals surface area contributed by atoms with Crippen LogP contribution in [0.15, 0.2) is 48.5 Å². The average Bonchev–Trinajstić information content (AvgIpc) is 2.98. The smallest absolute Gasteiger partial charge is 0.310 e. The number of hydrogen-bond acceptors (Lipinski definition) is 3. The normalized spacial score (nSPS) is 21.0. The number of halogens is 2. The molecule has 2 aromatic carbocycles. The van der Waals surface area contributed by atoms with Crippen LogP contribution in [0.25, 0.3) is 0 Å². The van der Waals surface area contributed by atoms with Gasteiger partial charge in [0.25, 0.3) is 0 Å². The van der Waals surface area contributed by atoms with Crippen molar-refractivity contribution in [3.8, 4) is 0 Å². The van der Waals surface area contributed by atoms with Crippen LogP contribution < -0.4 is 0 Å². The monoisotopic (exact) mass is 363 g/mol. The molecule has 0 aliphatic carbocycles. The topological polar surface area (TPSA) is 29.5 Å². The third kappa shape index (κ3) is 3.75. The van der Waals surface area contributed by atoms with E-state index in [9.17, 15) is 4.79 Å². The summed E-state index contributed by atoms with van der Waals surface area (Å²) in [4.78, 5) is 14.5. The summed E-state index contributed by atoms with van der Waals surface area (Å²) in [5.74, 6) is -0.412. The van der Waals surface area contributed by atoms with Gasteiger partial charge in [0, 0.05) is 35.6 Å². The number of esters is 1. The maximum atomic E-state index is 12.3. The minimum Gasteiger partial charge on any atom is -0.469 e. The highest BCUT2D eigenvalue weighted by molar-refractivity contribution is 6.35. The van der Waals surface area contributed by atoms with Crippen LogP contribution in [-0.4, -0.2) is 31.1 Å². The lowest BCUT2D eigenvalue weighted by Crippen LogP contribution is -2.24. The number of benzene rings is 2. The van der Waals surface area contributed by atoms with E-state index >= 15 is 0 Å². The molecule has 2 aromatic rings. The molecule has 1 aliphatic rings. The second-order valence-electron chi connectivity index (χ2n) is 6.08. The number of ether oxygens (including phenoxy) is 1. The van der Waals surface area contributed by atoms with Crippen LogP contribution in [0.4, 0.5) is 0 Å². The van der Waals surface area contributed by atoms with Crippen molar-refractivity contribution in [3.05, 3.63) is 69.7 Å². The zero-order valence-electron chi connectivity index (χ0n) is 13.4. The molecule has 0 unspecified atom stereocenters. The molecular weight excluding hydrogens is 345 g/mol. The zero-order chi connectivity index (χ0) is 17.1. The number of nitrogens with zero attached hydrogens (tertiary/aromatic N) is 1. The second kappa shape index (κ2) is 7.56. The summed E-state index contributed by atoms with van der Waals surface area (Å²) in [6, 6.07) is 15.7. The lowest BCUT2D eigenvalue weighted by molar-refractivity contribution is -0.145. The van der Waals surface area contributed by atoms with E-state index in [4.69, 9.17) is 27.9 Å². The van der Waals surface area contributed by atoms with Crippen LogP contribution in [0, 0.1) is 5.92 Å². The summed E-state index contributed by atoms with van der Waals surface area (Å²) in [6.07, 6.45) is 0. The van der Waals surface area contributed by atoms with E-state index in [-0.39, 0.29) is 17.8 Å². The molecule has 0 saturated carbocycles. The Morgan fingerprint density at radius 3 is 2.58 bits per heavy atom. The second-order valence-corrected chi connectivity index (χ2v) is 6.93. The van der Waals surface area contributed by atoms with Gasteiger partial charge in [0.05, 0.1) is 13.0 Å². The summed E-state index contributed by atoms with van der Waals surface area (Å²) in [7, 11) is 1.43. The fourth-order valence-corrected chi connectivity index (χ4v) is 3.91. The van der Waals surface area contributed by atoms with Gasteiger partial charge in [0.15, 0.2) is 0 Å². The highest BCUT2D eigenvalue weighted by atomic mass is 35.5. The lowest BCUT2D eigenvalue weighted by Gasteiger charge is -2.18. The van der Waals surface area contributed by atoms with Crippen LogP contribution in [0.1, 0.15) is 17.0 Å². The summed E-state index contributed by atoms with van der Waals surface area (Å²) in [5, 5.41) is 1.19. The Balaban J connectivity index is 1.84. The van der Waals surface area contributed by atoms with Gasteiger partial charge in [-0.2, -0.15) is 0 Å². The van der Waals surface area contributed by atoms with Gasteiger partial charge in [0.1, 0.15) is 0 Å². The van der Waals surface area contributed by atoms with Crippen LogP contribution in [0.3, 0.4) is 0 Å². The Labute approximate surface area is 152 Å². The maximum Gasteiger partial charge on any atom is 0.310 e. The van der Waals surface area contributed by atoms with Crippen molar-refractivity contribution in [2.24, 2.45) is 5.92 Å². The van der Waals surface area contributed by atoms with Gasteiger partial charge in [-0.3, -0.25) is 9.69 Å². The molecule has 0 aromatic heterocycles. The van der Waals surface area contributed by atoms with E-state index in [0.29, 0.717) is 16.6 Å². The number of carbonyl (C=O) groups excluding carboxylic acids is 1. The first kappa shape index (κ1) is 17.3. The fraction of sp³-hybridized carbons (Fsp3) is 0.316. The van der Waals surface area contributed by atoms with Crippen molar-refractivity contribution in [2.75, 3.05) is 20.2 Å². The van der Waals surface area contributed by atoms with Crippen molar-refractivity contribution in [1.29, 1.82) is 0 Å². The molecule has 1 fully saturated rings. The standard InChI is InChI=1S/C19H19Cl2NO2/c1-24-19(23)17-12-22(10-13-5-3-2-4-6-13)11-16(17)15-8-7-14(20)9-18(15)21/h2-9,16-17H,10-12H2,1H3/t16-,17+/m1/s1. The largest absolute Gasteiger partial charge is 0.469 e. The summed E-state index contributed by atoms with van der Waals surface area (Å²) in [5.41, 5.74) is 2.18. The van der Waals surface area contributed by atoms with Crippen molar-refractivity contribution >= 4 is 29.2 Å². The molecule has 24 heavy (non-hydrogen) atoms. The number of rotatable bonds is 4. The molecule has 3 nitrogen and oxygen atoms in total. The first-order valence-electron chi connectivity index (χ1n) is 7.87. The molecule has 2 atom stereocenters. The summed E-state index contributed by atoms with van der Waals surface area (Å²) in [6.45, 7) is 2.22. The minimum atomic E-state index is -0.225. The number of likely N-dealkylation sites (tertiary alicyclic amines) is 1. The molecule has 1 heterocycles. The van der Waals surface area contributed by atoms with Crippen LogP contribution in [0.2, 0.25) is 10.0 Å². The Bertz CT molecular complexity index is 721. The van der Waals surface area contributed by atoms with Crippen molar-refractivity contribution in [1.82, 2.24) is 4.90 Å². The van der Waals surface area contributed by atoms with Gasteiger partial charge in [-0.05, 0) is 23.3 Å². The first-order valence-corrected chi connectivity index (χ1v) is 8.63. The van der Waals surface area contributed by atoms with Gasteiger partial charge in [-0.25, -0.2) is 0 Å². The Hall–Kier alpha value is -1.55. The molecule has 126 valence electrons.